The Morgan fingerprint density at radius 1 is 1.44 bits per heavy atom. The first-order valence-corrected chi connectivity index (χ1v) is 6.60. The Labute approximate surface area is 109 Å². The average Bonchev–Trinajstić information content (AvgIpc) is 3.12. The van der Waals surface area contributed by atoms with Crippen molar-refractivity contribution in [3.05, 3.63) is 29.3 Å². The molecule has 0 spiro atoms. The van der Waals surface area contributed by atoms with E-state index in [1.54, 1.807) is 0 Å². The topological polar surface area (TPSA) is 38.3 Å². The van der Waals surface area contributed by atoms with Gasteiger partial charge in [0.15, 0.2) is 5.78 Å². The molecule has 0 saturated heterocycles. The summed E-state index contributed by atoms with van der Waals surface area (Å²) in [6.07, 6.45) is 2.56. The molecule has 1 aliphatic rings. The van der Waals surface area contributed by atoms with Crippen LogP contribution in [0, 0.1) is 6.92 Å². The number of rotatable bonds is 6. The van der Waals surface area contributed by atoms with Gasteiger partial charge in [-0.1, -0.05) is 0 Å². The third-order valence-electron chi connectivity index (χ3n) is 2.99. The molecule has 0 aliphatic heterocycles. The molecule has 0 aromatic heterocycles. The van der Waals surface area contributed by atoms with Crippen LogP contribution in [0.15, 0.2) is 18.2 Å². The summed E-state index contributed by atoms with van der Waals surface area (Å²) >= 11 is 0. The number of ether oxygens (including phenoxy) is 1. The highest BCUT2D eigenvalue weighted by molar-refractivity contribution is 5.98. The van der Waals surface area contributed by atoms with E-state index >= 15 is 0 Å². The lowest BCUT2D eigenvalue weighted by atomic mass is 10.1. The number of carbonyl (C=O) groups excluding carboxylic acids is 1. The second-order valence-electron chi connectivity index (χ2n) is 5.23. The van der Waals surface area contributed by atoms with Gasteiger partial charge < -0.3 is 10.1 Å². The van der Waals surface area contributed by atoms with Gasteiger partial charge in [0.05, 0.1) is 12.6 Å². The van der Waals surface area contributed by atoms with Gasteiger partial charge in [-0.3, -0.25) is 4.79 Å². The predicted molar refractivity (Wildman–Crippen MR) is 72.3 cm³/mol. The van der Waals surface area contributed by atoms with Crippen LogP contribution in [-0.4, -0.2) is 24.5 Å². The minimum absolute atomic E-state index is 0.154. The van der Waals surface area contributed by atoms with Crippen molar-refractivity contribution in [2.24, 2.45) is 0 Å². The Morgan fingerprint density at radius 3 is 2.72 bits per heavy atom. The largest absolute Gasteiger partial charge is 0.491 e. The number of carbonyl (C=O) groups is 1. The average molecular weight is 247 g/mol. The number of Topliss-reactive ketones (excluding diaryl/α,β-unsaturated/α-hetero) is 1. The first kappa shape index (κ1) is 13.1. The van der Waals surface area contributed by atoms with Crippen LogP contribution < -0.4 is 10.1 Å². The monoisotopic (exact) mass is 247 g/mol. The molecule has 0 amide bonds. The van der Waals surface area contributed by atoms with Crippen LogP contribution in [0.4, 0.5) is 0 Å². The van der Waals surface area contributed by atoms with Gasteiger partial charge in [0.1, 0.15) is 5.75 Å². The van der Waals surface area contributed by atoms with E-state index in [0.29, 0.717) is 12.6 Å². The number of hydrogen-bond donors (Lipinski definition) is 1. The summed E-state index contributed by atoms with van der Waals surface area (Å²) in [5.74, 6) is 1.01. The summed E-state index contributed by atoms with van der Waals surface area (Å²) in [4.78, 5) is 12.0. The normalized spacial score (nSPS) is 14.9. The van der Waals surface area contributed by atoms with Crippen molar-refractivity contribution in [2.45, 2.75) is 45.8 Å². The molecule has 3 nitrogen and oxygen atoms in total. The maximum absolute atomic E-state index is 12.0. The van der Waals surface area contributed by atoms with Crippen molar-refractivity contribution < 1.29 is 9.53 Å². The van der Waals surface area contributed by atoms with Crippen LogP contribution in [0.1, 0.15) is 42.6 Å². The summed E-state index contributed by atoms with van der Waals surface area (Å²) in [6.45, 7) is 6.41. The zero-order chi connectivity index (χ0) is 13.1. The van der Waals surface area contributed by atoms with Gasteiger partial charge >= 0.3 is 0 Å². The maximum atomic E-state index is 12.0. The molecule has 0 radical (unpaired) electrons. The lowest BCUT2D eigenvalue weighted by Crippen LogP contribution is -2.24. The first-order valence-electron chi connectivity index (χ1n) is 6.60. The van der Waals surface area contributed by atoms with Crippen LogP contribution in [0.25, 0.3) is 0 Å². The Balaban J connectivity index is 1.99. The van der Waals surface area contributed by atoms with E-state index in [1.165, 1.54) is 12.8 Å². The van der Waals surface area contributed by atoms with Crippen LogP contribution in [0.5, 0.6) is 5.75 Å². The molecule has 18 heavy (non-hydrogen) atoms. The smallest absolute Gasteiger partial charge is 0.176 e. The quantitative estimate of drug-likeness (QED) is 0.785. The summed E-state index contributed by atoms with van der Waals surface area (Å²) in [6, 6.07) is 6.22. The van der Waals surface area contributed by atoms with E-state index in [1.807, 2.05) is 39.0 Å². The van der Waals surface area contributed by atoms with E-state index < -0.39 is 0 Å². The van der Waals surface area contributed by atoms with Gasteiger partial charge in [-0.25, -0.2) is 0 Å². The molecule has 98 valence electrons. The second kappa shape index (κ2) is 5.53. The third-order valence-corrected chi connectivity index (χ3v) is 2.99. The molecular weight excluding hydrogens is 226 g/mol. The van der Waals surface area contributed by atoms with Gasteiger partial charge in [0.2, 0.25) is 0 Å². The maximum Gasteiger partial charge on any atom is 0.176 e. The van der Waals surface area contributed by atoms with Crippen molar-refractivity contribution in [1.82, 2.24) is 5.32 Å². The number of benzene rings is 1. The minimum atomic E-state index is 0.154. The van der Waals surface area contributed by atoms with Crippen molar-refractivity contribution in [3.8, 4) is 5.75 Å². The number of aryl methyl sites for hydroxylation is 1. The Bertz CT molecular complexity index is 436. The highest BCUT2D eigenvalue weighted by atomic mass is 16.5. The molecule has 0 unspecified atom stereocenters. The number of nitrogens with one attached hydrogen (secondary N) is 1. The fraction of sp³-hybridized carbons (Fsp3) is 0.533. The number of ketones is 1. The number of hydrogen-bond acceptors (Lipinski definition) is 3. The summed E-state index contributed by atoms with van der Waals surface area (Å²) in [5.41, 5.74) is 1.78. The molecule has 1 aromatic carbocycles. The Morgan fingerprint density at radius 2 is 2.17 bits per heavy atom. The summed E-state index contributed by atoms with van der Waals surface area (Å²) < 4.78 is 5.66. The van der Waals surface area contributed by atoms with Crippen LogP contribution >= 0.6 is 0 Å². The summed E-state index contributed by atoms with van der Waals surface area (Å²) in [7, 11) is 0. The molecule has 0 heterocycles. The highest BCUT2D eigenvalue weighted by Gasteiger charge is 2.21. The molecule has 1 aromatic rings. The molecule has 0 atom stereocenters. The zero-order valence-corrected chi connectivity index (χ0v) is 11.3. The van der Waals surface area contributed by atoms with Crippen molar-refractivity contribution in [2.75, 3.05) is 6.54 Å². The SMILES string of the molecule is Cc1cc(C(=O)CNC2CC2)ccc1OC(C)C. The molecular formula is C15H21NO2. The fourth-order valence-corrected chi connectivity index (χ4v) is 1.84. The van der Waals surface area contributed by atoms with E-state index in [4.69, 9.17) is 4.74 Å². The standard InChI is InChI=1S/C15H21NO2/c1-10(2)18-15-7-4-12(8-11(15)3)14(17)9-16-13-5-6-13/h4,7-8,10,13,16H,5-6,9H2,1-3H3. The highest BCUT2D eigenvalue weighted by Crippen LogP contribution is 2.21. The van der Waals surface area contributed by atoms with Crippen molar-refractivity contribution >= 4 is 5.78 Å². The van der Waals surface area contributed by atoms with Crippen LogP contribution in [0.2, 0.25) is 0 Å². The predicted octanol–water partition coefficient (Wildman–Crippen LogP) is 2.72. The zero-order valence-electron chi connectivity index (χ0n) is 11.3. The van der Waals surface area contributed by atoms with Gasteiger partial charge in [0.25, 0.3) is 0 Å². The van der Waals surface area contributed by atoms with Crippen LogP contribution in [-0.2, 0) is 0 Å². The van der Waals surface area contributed by atoms with Gasteiger partial charge in [-0.05, 0) is 57.4 Å². The Hall–Kier alpha value is -1.35. The molecule has 1 fully saturated rings. The first-order chi connectivity index (χ1) is 8.56. The molecule has 1 N–H and O–H groups in total. The van der Waals surface area contributed by atoms with Gasteiger partial charge in [-0.2, -0.15) is 0 Å². The molecule has 2 rings (SSSR count). The van der Waals surface area contributed by atoms with E-state index in [2.05, 4.69) is 5.32 Å². The molecule has 1 aliphatic carbocycles. The molecule has 0 bridgehead atoms. The second-order valence-corrected chi connectivity index (χ2v) is 5.23. The molecule has 3 heteroatoms. The van der Waals surface area contributed by atoms with Gasteiger partial charge in [-0.15, -0.1) is 0 Å². The van der Waals surface area contributed by atoms with E-state index in [-0.39, 0.29) is 11.9 Å². The lowest BCUT2D eigenvalue weighted by Gasteiger charge is -2.13. The summed E-state index contributed by atoms with van der Waals surface area (Å²) in [5, 5.41) is 3.24. The van der Waals surface area contributed by atoms with Gasteiger partial charge in [0, 0.05) is 11.6 Å². The third kappa shape index (κ3) is 3.57. The minimum Gasteiger partial charge on any atom is -0.491 e. The van der Waals surface area contributed by atoms with Crippen molar-refractivity contribution in [3.63, 3.8) is 0 Å². The fourth-order valence-electron chi connectivity index (χ4n) is 1.84. The van der Waals surface area contributed by atoms with Crippen molar-refractivity contribution in [1.29, 1.82) is 0 Å². The van der Waals surface area contributed by atoms with E-state index in [0.717, 1.165) is 16.9 Å². The van der Waals surface area contributed by atoms with Crippen LogP contribution in [0.3, 0.4) is 0 Å². The van der Waals surface area contributed by atoms with E-state index in [9.17, 15) is 4.79 Å². The lowest BCUT2D eigenvalue weighted by molar-refractivity contribution is 0.0990. The molecule has 1 saturated carbocycles. The Kier molecular flexibility index (Phi) is 4.02.